The third-order valence-corrected chi connectivity index (χ3v) is 3.81. The average molecular weight is 296 g/mol. The Hall–Kier alpha value is -1.56. The molecule has 5 nitrogen and oxygen atoms in total. The van der Waals surface area contributed by atoms with Gasteiger partial charge in [-0.1, -0.05) is 13.3 Å². The molecule has 1 aromatic rings. The second-order valence-electron chi connectivity index (χ2n) is 4.38. The van der Waals surface area contributed by atoms with E-state index in [9.17, 15) is 14.9 Å². The predicted molar refractivity (Wildman–Crippen MR) is 81.4 cm³/mol. The fourth-order valence-corrected chi connectivity index (χ4v) is 2.34. The van der Waals surface area contributed by atoms with Gasteiger partial charge in [-0.3, -0.25) is 14.9 Å². The molecular formula is C14H20N2O3S. The van der Waals surface area contributed by atoms with Crippen molar-refractivity contribution in [3.05, 3.63) is 33.9 Å². The van der Waals surface area contributed by atoms with Crippen molar-refractivity contribution in [1.29, 1.82) is 0 Å². The molecule has 0 unspecified atom stereocenters. The van der Waals surface area contributed by atoms with Crippen LogP contribution in [-0.2, 0) is 0 Å². The first-order valence-electron chi connectivity index (χ1n) is 6.66. The summed E-state index contributed by atoms with van der Waals surface area (Å²) < 4.78 is 0. The Morgan fingerprint density at radius 3 is 2.60 bits per heavy atom. The molecule has 0 radical (unpaired) electrons. The molecular weight excluding hydrogens is 276 g/mol. The number of unbranched alkanes of at least 4 members (excludes halogenated alkanes) is 1. The summed E-state index contributed by atoms with van der Waals surface area (Å²) in [5, 5.41) is 11.1. The minimum absolute atomic E-state index is 0.122. The van der Waals surface area contributed by atoms with Gasteiger partial charge in [-0.15, -0.1) is 11.8 Å². The van der Waals surface area contributed by atoms with Crippen LogP contribution in [0.25, 0.3) is 0 Å². The highest BCUT2D eigenvalue weighted by molar-refractivity contribution is 7.98. The number of benzene rings is 1. The molecule has 0 bridgehead atoms. The maximum atomic E-state index is 12.5. The van der Waals surface area contributed by atoms with E-state index in [-0.39, 0.29) is 17.2 Å². The van der Waals surface area contributed by atoms with Crippen LogP contribution in [0.2, 0.25) is 0 Å². The minimum atomic E-state index is -0.495. The molecule has 20 heavy (non-hydrogen) atoms. The number of nitro benzene ring substituents is 1. The van der Waals surface area contributed by atoms with Gasteiger partial charge >= 0.3 is 0 Å². The van der Waals surface area contributed by atoms with E-state index in [0.717, 1.165) is 17.7 Å². The summed E-state index contributed by atoms with van der Waals surface area (Å²) in [5.41, 5.74) is 0.0579. The molecule has 0 aliphatic rings. The summed E-state index contributed by atoms with van der Waals surface area (Å²) in [6.07, 6.45) is 3.76. The van der Waals surface area contributed by atoms with E-state index in [1.165, 1.54) is 17.8 Å². The maximum Gasteiger partial charge on any atom is 0.282 e. The zero-order valence-corrected chi connectivity index (χ0v) is 12.9. The highest BCUT2D eigenvalue weighted by Crippen LogP contribution is 2.26. The summed E-state index contributed by atoms with van der Waals surface area (Å²) in [7, 11) is 0. The molecule has 0 heterocycles. The molecule has 1 aromatic carbocycles. The molecule has 0 N–H and O–H groups in total. The van der Waals surface area contributed by atoms with Crippen molar-refractivity contribution in [2.24, 2.45) is 0 Å². The van der Waals surface area contributed by atoms with Gasteiger partial charge in [0.25, 0.3) is 11.6 Å². The van der Waals surface area contributed by atoms with Crippen LogP contribution in [-0.4, -0.2) is 35.1 Å². The second-order valence-corrected chi connectivity index (χ2v) is 5.26. The van der Waals surface area contributed by atoms with E-state index >= 15 is 0 Å². The van der Waals surface area contributed by atoms with E-state index in [0.29, 0.717) is 13.1 Å². The summed E-state index contributed by atoms with van der Waals surface area (Å²) in [6, 6.07) is 4.69. The van der Waals surface area contributed by atoms with Gasteiger partial charge in [-0.05, 0) is 31.7 Å². The maximum absolute atomic E-state index is 12.5. The van der Waals surface area contributed by atoms with Crippen LogP contribution in [0.1, 0.15) is 37.0 Å². The first kappa shape index (κ1) is 16.5. The van der Waals surface area contributed by atoms with Crippen molar-refractivity contribution in [2.45, 2.75) is 31.6 Å². The molecule has 0 aromatic heterocycles. The molecule has 0 aliphatic heterocycles. The quantitative estimate of drug-likeness (QED) is 0.438. The van der Waals surface area contributed by atoms with E-state index in [2.05, 4.69) is 6.92 Å². The molecule has 0 aliphatic carbocycles. The summed E-state index contributed by atoms with van der Waals surface area (Å²) >= 11 is 1.46. The van der Waals surface area contributed by atoms with Crippen LogP contribution < -0.4 is 0 Å². The molecule has 0 saturated carbocycles. The number of thioether (sulfide) groups is 1. The van der Waals surface area contributed by atoms with Crippen LogP contribution in [0.3, 0.4) is 0 Å². The zero-order valence-electron chi connectivity index (χ0n) is 12.1. The minimum Gasteiger partial charge on any atom is -0.339 e. The Labute approximate surface area is 123 Å². The van der Waals surface area contributed by atoms with Crippen molar-refractivity contribution in [1.82, 2.24) is 4.90 Å². The van der Waals surface area contributed by atoms with Gasteiger partial charge in [0.1, 0.15) is 5.56 Å². The summed E-state index contributed by atoms with van der Waals surface area (Å²) in [6.45, 7) is 5.12. The molecule has 1 amide bonds. The lowest BCUT2D eigenvalue weighted by Crippen LogP contribution is -2.32. The van der Waals surface area contributed by atoms with Crippen molar-refractivity contribution < 1.29 is 9.72 Å². The SMILES string of the molecule is CCCCN(CC)C(=O)c1cc(SC)ccc1[N+](=O)[O-]. The molecule has 0 fully saturated rings. The van der Waals surface area contributed by atoms with Gasteiger partial charge in [0.2, 0.25) is 0 Å². The van der Waals surface area contributed by atoms with Gasteiger partial charge in [-0.25, -0.2) is 0 Å². The Morgan fingerprint density at radius 1 is 1.40 bits per heavy atom. The third kappa shape index (κ3) is 3.96. The largest absolute Gasteiger partial charge is 0.339 e. The lowest BCUT2D eigenvalue weighted by atomic mass is 10.1. The van der Waals surface area contributed by atoms with Crippen LogP contribution in [0.4, 0.5) is 5.69 Å². The van der Waals surface area contributed by atoms with Crippen LogP contribution in [0.5, 0.6) is 0 Å². The topological polar surface area (TPSA) is 63.5 Å². The number of carbonyl (C=O) groups excluding carboxylic acids is 1. The van der Waals surface area contributed by atoms with Gasteiger partial charge in [0.15, 0.2) is 0 Å². The molecule has 6 heteroatoms. The number of nitro groups is 1. The third-order valence-electron chi connectivity index (χ3n) is 3.08. The summed E-state index contributed by atoms with van der Waals surface area (Å²) in [5.74, 6) is -0.261. The number of rotatable bonds is 7. The van der Waals surface area contributed by atoms with Crippen LogP contribution >= 0.6 is 11.8 Å². The summed E-state index contributed by atoms with van der Waals surface area (Å²) in [4.78, 5) is 25.6. The van der Waals surface area contributed by atoms with Gasteiger partial charge in [-0.2, -0.15) is 0 Å². The number of carbonyl (C=O) groups is 1. The fraction of sp³-hybridized carbons (Fsp3) is 0.500. The van der Waals surface area contributed by atoms with Gasteiger partial charge in [0, 0.05) is 24.1 Å². The van der Waals surface area contributed by atoms with Crippen molar-refractivity contribution in [2.75, 3.05) is 19.3 Å². The van der Waals surface area contributed by atoms with Crippen molar-refractivity contribution >= 4 is 23.4 Å². The lowest BCUT2D eigenvalue weighted by molar-refractivity contribution is -0.385. The zero-order chi connectivity index (χ0) is 15.1. The molecule has 0 spiro atoms. The van der Waals surface area contributed by atoms with Crippen molar-refractivity contribution in [3.63, 3.8) is 0 Å². The smallest absolute Gasteiger partial charge is 0.282 e. The van der Waals surface area contributed by atoms with E-state index in [1.54, 1.807) is 17.0 Å². The Morgan fingerprint density at radius 2 is 2.10 bits per heavy atom. The number of hydrogen-bond acceptors (Lipinski definition) is 4. The van der Waals surface area contributed by atoms with Crippen LogP contribution in [0, 0.1) is 10.1 Å². The number of amides is 1. The highest BCUT2D eigenvalue weighted by Gasteiger charge is 2.24. The highest BCUT2D eigenvalue weighted by atomic mass is 32.2. The fourth-order valence-electron chi connectivity index (χ4n) is 1.90. The standard InChI is InChI=1S/C14H20N2O3S/c1-4-6-9-15(5-2)14(17)12-10-11(20-3)7-8-13(12)16(18)19/h7-8,10H,4-6,9H2,1-3H3. The van der Waals surface area contributed by atoms with E-state index < -0.39 is 4.92 Å². The molecule has 0 saturated heterocycles. The normalized spacial score (nSPS) is 10.3. The first-order chi connectivity index (χ1) is 9.54. The number of hydrogen-bond donors (Lipinski definition) is 0. The Kier molecular flexibility index (Phi) is 6.51. The molecule has 0 atom stereocenters. The van der Waals surface area contributed by atoms with Crippen LogP contribution in [0.15, 0.2) is 23.1 Å². The predicted octanol–water partition coefficient (Wildman–Crippen LogP) is 3.58. The first-order valence-corrected chi connectivity index (χ1v) is 7.89. The van der Waals surface area contributed by atoms with E-state index in [4.69, 9.17) is 0 Å². The second kappa shape index (κ2) is 7.89. The molecule has 110 valence electrons. The molecule has 1 rings (SSSR count). The van der Waals surface area contributed by atoms with Gasteiger partial charge in [0.05, 0.1) is 4.92 Å². The monoisotopic (exact) mass is 296 g/mol. The lowest BCUT2D eigenvalue weighted by Gasteiger charge is -2.20. The average Bonchev–Trinajstić information content (AvgIpc) is 2.46. The van der Waals surface area contributed by atoms with E-state index in [1.807, 2.05) is 13.2 Å². The van der Waals surface area contributed by atoms with Gasteiger partial charge < -0.3 is 4.90 Å². The Bertz CT molecular complexity index is 491. The number of nitrogens with zero attached hydrogens (tertiary/aromatic N) is 2. The Balaban J connectivity index is 3.13. The van der Waals surface area contributed by atoms with Crippen molar-refractivity contribution in [3.8, 4) is 0 Å².